The summed E-state index contributed by atoms with van der Waals surface area (Å²) < 4.78 is 0. The van der Waals surface area contributed by atoms with Gasteiger partial charge < -0.3 is 10.0 Å². The van der Waals surface area contributed by atoms with Crippen LogP contribution in [0.15, 0.2) is 30.1 Å². The number of allylic oxidation sites excluding steroid dienone is 1. The van der Waals surface area contributed by atoms with Crippen LogP contribution < -0.4 is 0 Å². The highest BCUT2D eigenvalue weighted by atomic mass is 16.3. The first kappa shape index (κ1) is 8.81. The third-order valence-corrected chi connectivity index (χ3v) is 2.44. The van der Waals surface area contributed by atoms with Crippen molar-refractivity contribution in [3.63, 3.8) is 0 Å². The van der Waals surface area contributed by atoms with Crippen LogP contribution in [0, 0.1) is 0 Å². The zero-order valence-electron chi connectivity index (χ0n) is 7.90. The molecule has 1 N–H and O–H groups in total. The van der Waals surface area contributed by atoms with Crippen LogP contribution in [0.25, 0.3) is 5.57 Å². The normalized spacial score (nSPS) is 15.4. The number of rotatable bonds is 1. The molecule has 0 bridgehead atoms. The van der Waals surface area contributed by atoms with Gasteiger partial charge in [0, 0.05) is 13.6 Å². The molecule has 0 amide bonds. The summed E-state index contributed by atoms with van der Waals surface area (Å²) in [4.78, 5) is 12.5. The van der Waals surface area contributed by atoms with Gasteiger partial charge in [-0.1, -0.05) is 24.3 Å². The van der Waals surface area contributed by atoms with E-state index in [1.165, 1.54) is 0 Å². The number of nitrogens with zero attached hydrogens (tertiary/aromatic N) is 1. The highest BCUT2D eigenvalue weighted by Gasteiger charge is 2.20. The van der Waals surface area contributed by atoms with Crippen LogP contribution in [0.2, 0.25) is 0 Å². The Bertz CT molecular complexity index is 410. The summed E-state index contributed by atoms with van der Waals surface area (Å²) in [7, 11) is 1.76. The quantitative estimate of drug-likeness (QED) is 0.681. The number of carbonyl (C=O) groups is 1. The van der Waals surface area contributed by atoms with Gasteiger partial charge in [0.15, 0.2) is 12.2 Å². The lowest BCUT2D eigenvalue weighted by molar-refractivity contribution is -0.103. The van der Waals surface area contributed by atoms with Crippen molar-refractivity contribution in [2.75, 3.05) is 7.05 Å². The van der Waals surface area contributed by atoms with E-state index < -0.39 is 0 Å². The molecule has 0 fully saturated rings. The van der Waals surface area contributed by atoms with Crippen molar-refractivity contribution < 1.29 is 9.90 Å². The van der Waals surface area contributed by atoms with Gasteiger partial charge in [0.1, 0.15) is 0 Å². The van der Waals surface area contributed by atoms with Gasteiger partial charge in [0.05, 0.1) is 5.57 Å². The van der Waals surface area contributed by atoms with Crippen molar-refractivity contribution >= 4 is 11.9 Å². The lowest BCUT2D eigenvalue weighted by atomic mass is 9.97. The maximum Gasteiger partial charge on any atom is 0.198 e. The lowest BCUT2D eigenvalue weighted by Gasteiger charge is -2.26. The van der Waals surface area contributed by atoms with Crippen molar-refractivity contribution in [3.8, 4) is 0 Å². The van der Waals surface area contributed by atoms with E-state index in [1.54, 1.807) is 11.9 Å². The SMILES string of the molecule is CN1Cc2ccccc2C(C=O)=C1O. The largest absolute Gasteiger partial charge is 0.494 e. The molecule has 1 aromatic rings. The first-order chi connectivity index (χ1) is 6.74. The van der Waals surface area contributed by atoms with Gasteiger partial charge in [-0.15, -0.1) is 0 Å². The highest BCUT2D eigenvalue weighted by molar-refractivity contribution is 6.08. The molecule has 3 heteroatoms. The molecule has 1 aliphatic heterocycles. The first-order valence-electron chi connectivity index (χ1n) is 4.42. The van der Waals surface area contributed by atoms with Crippen molar-refractivity contribution in [1.29, 1.82) is 0 Å². The first-order valence-corrected chi connectivity index (χ1v) is 4.42. The van der Waals surface area contributed by atoms with E-state index >= 15 is 0 Å². The Kier molecular flexibility index (Phi) is 2.00. The fourth-order valence-electron chi connectivity index (χ4n) is 1.69. The Morgan fingerprint density at radius 2 is 2.14 bits per heavy atom. The number of hydrogen-bond acceptors (Lipinski definition) is 3. The third kappa shape index (κ3) is 1.18. The molecular weight excluding hydrogens is 178 g/mol. The van der Waals surface area contributed by atoms with E-state index in [2.05, 4.69) is 0 Å². The van der Waals surface area contributed by atoms with E-state index in [4.69, 9.17) is 0 Å². The summed E-state index contributed by atoms with van der Waals surface area (Å²) in [6.45, 7) is 0.638. The molecule has 0 aromatic heterocycles. The predicted molar refractivity (Wildman–Crippen MR) is 53.5 cm³/mol. The summed E-state index contributed by atoms with van der Waals surface area (Å²) in [5.41, 5.74) is 2.27. The van der Waals surface area contributed by atoms with Gasteiger partial charge in [0.2, 0.25) is 0 Å². The molecule has 0 radical (unpaired) electrons. The second-order valence-electron chi connectivity index (χ2n) is 3.37. The zero-order valence-corrected chi connectivity index (χ0v) is 7.90. The molecule has 0 unspecified atom stereocenters. The maximum absolute atomic E-state index is 10.8. The molecule has 3 nitrogen and oxygen atoms in total. The summed E-state index contributed by atoms with van der Waals surface area (Å²) in [6, 6.07) is 7.60. The number of hydrogen-bond donors (Lipinski definition) is 1. The molecule has 2 rings (SSSR count). The minimum atomic E-state index is 0.0544. The number of aliphatic hydroxyl groups excluding tert-OH is 1. The number of carbonyl (C=O) groups excluding carboxylic acids is 1. The molecule has 14 heavy (non-hydrogen) atoms. The van der Waals surface area contributed by atoms with Gasteiger partial charge in [-0.2, -0.15) is 0 Å². The molecule has 72 valence electrons. The van der Waals surface area contributed by atoms with Gasteiger partial charge in [-0.25, -0.2) is 0 Å². The number of aldehydes is 1. The van der Waals surface area contributed by atoms with Crippen LogP contribution in [-0.4, -0.2) is 23.3 Å². The summed E-state index contributed by atoms with van der Waals surface area (Å²) in [6.07, 6.45) is 0.698. The van der Waals surface area contributed by atoms with Crippen molar-refractivity contribution in [1.82, 2.24) is 4.90 Å². The Morgan fingerprint density at radius 3 is 2.86 bits per heavy atom. The van der Waals surface area contributed by atoms with E-state index in [0.29, 0.717) is 18.4 Å². The second-order valence-corrected chi connectivity index (χ2v) is 3.37. The molecule has 1 aliphatic rings. The smallest absolute Gasteiger partial charge is 0.198 e. The number of benzene rings is 1. The molecule has 1 heterocycles. The predicted octanol–water partition coefficient (Wildman–Crippen LogP) is 1.56. The standard InChI is InChI=1S/C11H11NO2/c1-12-6-8-4-2-3-5-9(8)10(7-13)11(12)14/h2-5,7,14H,6H2,1H3. The summed E-state index contributed by atoms with van der Waals surface area (Å²) in [5, 5.41) is 9.66. The topological polar surface area (TPSA) is 40.5 Å². The molecule has 1 aromatic carbocycles. The molecule has 0 saturated carbocycles. The Hall–Kier alpha value is -1.77. The van der Waals surface area contributed by atoms with E-state index in [9.17, 15) is 9.90 Å². The second kappa shape index (κ2) is 3.18. The van der Waals surface area contributed by atoms with Crippen LogP contribution in [0.5, 0.6) is 0 Å². The van der Waals surface area contributed by atoms with Crippen LogP contribution in [0.4, 0.5) is 0 Å². The third-order valence-electron chi connectivity index (χ3n) is 2.44. The Morgan fingerprint density at radius 1 is 1.43 bits per heavy atom. The number of aliphatic hydroxyl groups is 1. The molecule has 0 atom stereocenters. The van der Waals surface area contributed by atoms with E-state index in [0.717, 1.165) is 11.1 Å². The molecule has 0 aliphatic carbocycles. The van der Waals surface area contributed by atoms with E-state index in [-0.39, 0.29) is 5.88 Å². The summed E-state index contributed by atoms with van der Waals surface area (Å²) in [5.74, 6) is 0.0544. The average molecular weight is 189 g/mol. The Labute approximate surface area is 82.3 Å². The fraction of sp³-hybridized carbons (Fsp3) is 0.182. The fourth-order valence-corrected chi connectivity index (χ4v) is 1.69. The van der Waals surface area contributed by atoms with E-state index in [1.807, 2.05) is 24.3 Å². The molecular formula is C11H11NO2. The van der Waals surface area contributed by atoms with Gasteiger partial charge in [-0.05, 0) is 11.1 Å². The molecule has 0 saturated heterocycles. The highest BCUT2D eigenvalue weighted by Crippen LogP contribution is 2.27. The van der Waals surface area contributed by atoms with Crippen LogP contribution in [0.3, 0.4) is 0 Å². The lowest BCUT2D eigenvalue weighted by Crippen LogP contribution is -2.23. The summed E-state index contributed by atoms with van der Waals surface area (Å²) >= 11 is 0. The van der Waals surface area contributed by atoms with Crippen LogP contribution >= 0.6 is 0 Å². The number of fused-ring (bicyclic) bond motifs is 1. The van der Waals surface area contributed by atoms with Gasteiger partial charge in [0.25, 0.3) is 0 Å². The monoisotopic (exact) mass is 189 g/mol. The van der Waals surface area contributed by atoms with Gasteiger partial charge >= 0.3 is 0 Å². The van der Waals surface area contributed by atoms with Gasteiger partial charge in [-0.3, -0.25) is 4.79 Å². The van der Waals surface area contributed by atoms with Crippen molar-refractivity contribution in [3.05, 3.63) is 41.3 Å². The minimum absolute atomic E-state index is 0.0544. The Balaban J connectivity index is 2.63. The van der Waals surface area contributed by atoms with Crippen molar-refractivity contribution in [2.45, 2.75) is 6.54 Å². The van der Waals surface area contributed by atoms with Crippen molar-refractivity contribution in [2.24, 2.45) is 0 Å². The van der Waals surface area contributed by atoms with Crippen LogP contribution in [0.1, 0.15) is 11.1 Å². The maximum atomic E-state index is 10.8. The average Bonchev–Trinajstić information content (AvgIpc) is 2.20. The van der Waals surface area contributed by atoms with Crippen LogP contribution in [-0.2, 0) is 11.3 Å². The zero-order chi connectivity index (χ0) is 10.1. The molecule has 0 spiro atoms. The minimum Gasteiger partial charge on any atom is -0.494 e.